The third-order valence-corrected chi connectivity index (χ3v) is 3.92. The van der Waals surface area contributed by atoms with Gasteiger partial charge in [0.15, 0.2) is 0 Å². The van der Waals surface area contributed by atoms with Gasteiger partial charge in [-0.15, -0.1) is 0 Å². The van der Waals surface area contributed by atoms with Gasteiger partial charge in [0, 0.05) is 18.5 Å². The smallest absolute Gasteiger partial charge is 0.256 e. The number of ether oxygens (including phenoxy) is 1. The molecule has 4 heteroatoms. The monoisotopic (exact) mass is 296 g/mol. The molecule has 1 aromatic carbocycles. The minimum absolute atomic E-state index is 0.0254. The van der Waals surface area contributed by atoms with Gasteiger partial charge in [-0.25, -0.2) is 0 Å². The van der Waals surface area contributed by atoms with Crippen molar-refractivity contribution in [1.82, 2.24) is 4.98 Å². The molecule has 114 valence electrons. The van der Waals surface area contributed by atoms with E-state index >= 15 is 0 Å². The average molecular weight is 296 g/mol. The first-order valence-corrected chi connectivity index (χ1v) is 7.64. The lowest BCUT2D eigenvalue weighted by molar-refractivity contribution is -0.127. The summed E-state index contributed by atoms with van der Waals surface area (Å²) < 4.78 is 5.58. The molecule has 0 unspecified atom stereocenters. The number of nitrogens with zero attached hydrogens (tertiary/aromatic N) is 2. The van der Waals surface area contributed by atoms with Crippen molar-refractivity contribution in [3.8, 4) is 0 Å². The second-order valence-electron chi connectivity index (χ2n) is 5.53. The van der Waals surface area contributed by atoms with E-state index in [2.05, 4.69) is 4.98 Å². The Balaban J connectivity index is 1.91. The van der Waals surface area contributed by atoms with Gasteiger partial charge < -0.3 is 9.64 Å². The van der Waals surface area contributed by atoms with E-state index in [1.165, 1.54) is 0 Å². The Labute approximate surface area is 130 Å². The van der Waals surface area contributed by atoms with Gasteiger partial charge in [0.1, 0.15) is 6.10 Å². The largest absolute Gasteiger partial charge is 0.368 e. The first kappa shape index (κ1) is 14.7. The van der Waals surface area contributed by atoms with Gasteiger partial charge >= 0.3 is 0 Å². The molecule has 1 aromatic heterocycles. The number of carbonyl (C=O) groups excluding carboxylic acids is 1. The lowest BCUT2D eigenvalue weighted by atomic mass is 10.1. The van der Waals surface area contributed by atoms with Crippen LogP contribution in [0.25, 0.3) is 0 Å². The highest BCUT2D eigenvalue weighted by atomic mass is 16.5. The van der Waals surface area contributed by atoms with Gasteiger partial charge in [-0.2, -0.15) is 0 Å². The number of para-hydroxylation sites is 1. The standard InChI is InChI=1S/C18H20N2O2/c1-14-7-2-3-9-16(14)20(13-15-8-4-5-11-19-15)18(21)17-10-6-12-22-17/h2-5,7-9,11,17H,6,10,12-13H2,1H3/t17-/m1/s1. The number of benzene rings is 1. The summed E-state index contributed by atoms with van der Waals surface area (Å²) in [5.74, 6) is 0.0254. The molecule has 1 amide bonds. The van der Waals surface area contributed by atoms with Crippen molar-refractivity contribution in [1.29, 1.82) is 0 Å². The molecule has 22 heavy (non-hydrogen) atoms. The van der Waals surface area contributed by atoms with Crippen LogP contribution in [0.3, 0.4) is 0 Å². The lowest BCUT2D eigenvalue weighted by Crippen LogP contribution is -2.39. The molecular formula is C18H20N2O2. The molecule has 1 fully saturated rings. The molecule has 2 aromatic rings. The summed E-state index contributed by atoms with van der Waals surface area (Å²) in [6.45, 7) is 3.15. The molecule has 1 aliphatic rings. The van der Waals surface area contributed by atoms with Gasteiger partial charge in [-0.05, 0) is 43.5 Å². The van der Waals surface area contributed by atoms with E-state index in [9.17, 15) is 4.79 Å². The van der Waals surface area contributed by atoms with Crippen molar-refractivity contribution in [2.45, 2.75) is 32.4 Å². The van der Waals surface area contributed by atoms with Gasteiger partial charge in [0.2, 0.25) is 0 Å². The topological polar surface area (TPSA) is 42.4 Å². The van der Waals surface area contributed by atoms with Crippen LogP contribution in [0.2, 0.25) is 0 Å². The SMILES string of the molecule is Cc1ccccc1N(Cc1ccccn1)C(=O)[C@H]1CCCO1. The van der Waals surface area contributed by atoms with E-state index in [1.807, 2.05) is 49.4 Å². The fourth-order valence-corrected chi connectivity index (χ4v) is 2.75. The second-order valence-corrected chi connectivity index (χ2v) is 5.53. The summed E-state index contributed by atoms with van der Waals surface area (Å²) in [5, 5.41) is 0. The van der Waals surface area contributed by atoms with Gasteiger partial charge in [0.25, 0.3) is 5.91 Å². The van der Waals surface area contributed by atoms with Crippen molar-refractivity contribution in [2.24, 2.45) is 0 Å². The second kappa shape index (κ2) is 6.71. The Kier molecular flexibility index (Phi) is 4.49. The molecule has 1 aliphatic heterocycles. The summed E-state index contributed by atoms with van der Waals surface area (Å²) in [6, 6.07) is 13.7. The van der Waals surface area contributed by atoms with E-state index < -0.39 is 0 Å². The molecule has 0 saturated carbocycles. The normalized spacial score (nSPS) is 17.4. The predicted molar refractivity (Wildman–Crippen MR) is 85.6 cm³/mol. The zero-order valence-corrected chi connectivity index (χ0v) is 12.7. The fourth-order valence-electron chi connectivity index (χ4n) is 2.75. The Morgan fingerprint density at radius 3 is 2.77 bits per heavy atom. The van der Waals surface area contributed by atoms with Crippen molar-refractivity contribution < 1.29 is 9.53 Å². The molecule has 0 spiro atoms. The van der Waals surface area contributed by atoms with Crippen LogP contribution in [0.5, 0.6) is 0 Å². The summed E-state index contributed by atoms with van der Waals surface area (Å²) >= 11 is 0. The molecule has 4 nitrogen and oxygen atoms in total. The quantitative estimate of drug-likeness (QED) is 0.870. The summed E-state index contributed by atoms with van der Waals surface area (Å²) in [7, 11) is 0. The van der Waals surface area contributed by atoms with Gasteiger partial charge in [-0.1, -0.05) is 24.3 Å². The molecule has 0 radical (unpaired) electrons. The summed E-state index contributed by atoms with van der Waals surface area (Å²) in [6.07, 6.45) is 3.16. The Hall–Kier alpha value is -2.20. The number of rotatable bonds is 4. The van der Waals surface area contributed by atoms with Gasteiger partial charge in [0.05, 0.1) is 12.2 Å². The maximum atomic E-state index is 12.9. The van der Waals surface area contributed by atoms with Crippen LogP contribution in [-0.2, 0) is 16.1 Å². The van der Waals surface area contributed by atoms with E-state index in [0.717, 1.165) is 29.8 Å². The third-order valence-electron chi connectivity index (χ3n) is 3.92. The van der Waals surface area contributed by atoms with Gasteiger partial charge in [-0.3, -0.25) is 9.78 Å². The van der Waals surface area contributed by atoms with Crippen LogP contribution >= 0.6 is 0 Å². The minimum atomic E-state index is -0.330. The number of anilines is 1. The Morgan fingerprint density at radius 2 is 2.09 bits per heavy atom. The van der Waals surface area contributed by atoms with E-state index in [4.69, 9.17) is 4.74 Å². The highest BCUT2D eigenvalue weighted by molar-refractivity contribution is 5.97. The summed E-state index contributed by atoms with van der Waals surface area (Å²) in [5.41, 5.74) is 2.87. The van der Waals surface area contributed by atoms with E-state index in [-0.39, 0.29) is 12.0 Å². The molecule has 3 rings (SSSR count). The average Bonchev–Trinajstić information content (AvgIpc) is 3.08. The van der Waals surface area contributed by atoms with Crippen molar-refractivity contribution in [3.63, 3.8) is 0 Å². The van der Waals surface area contributed by atoms with Crippen molar-refractivity contribution in [3.05, 3.63) is 59.9 Å². The van der Waals surface area contributed by atoms with Crippen LogP contribution in [0.4, 0.5) is 5.69 Å². The lowest BCUT2D eigenvalue weighted by Gasteiger charge is -2.26. The van der Waals surface area contributed by atoms with E-state index in [1.54, 1.807) is 11.1 Å². The first-order chi connectivity index (χ1) is 10.8. The molecule has 1 saturated heterocycles. The first-order valence-electron chi connectivity index (χ1n) is 7.64. The third kappa shape index (κ3) is 3.17. The number of hydrogen-bond acceptors (Lipinski definition) is 3. The molecule has 0 N–H and O–H groups in total. The zero-order valence-electron chi connectivity index (χ0n) is 12.7. The van der Waals surface area contributed by atoms with E-state index in [0.29, 0.717) is 13.2 Å². The molecule has 0 bridgehead atoms. The number of hydrogen-bond donors (Lipinski definition) is 0. The van der Waals surface area contributed by atoms with Crippen LogP contribution in [0, 0.1) is 6.92 Å². The van der Waals surface area contributed by atoms with Crippen LogP contribution in [0.15, 0.2) is 48.7 Å². The Morgan fingerprint density at radius 1 is 1.27 bits per heavy atom. The molecular weight excluding hydrogens is 276 g/mol. The maximum Gasteiger partial charge on any atom is 0.256 e. The Bertz CT molecular complexity index is 637. The number of amides is 1. The minimum Gasteiger partial charge on any atom is -0.368 e. The number of aryl methyl sites for hydroxylation is 1. The van der Waals surface area contributed by atoms with Crippen molar-refractivity contribution in [2.75, 3.05) is 11.5 Å². The highest BCUT2D eigenvalue weighted by Gasteiger charge is 2.29. The highest BCUT2D eigenvalue weighted by Crippen LogP contribution is 2.25. The maximum absolute atomic E-state index is 12.9. The zero-order chi connectivity index (χ0) is 15.4. The predicted octanol–water partition coefficient (Wildman–Crippen LogP) is 3.10. The molecule has 2 heterocycles. The van der Waals surface area contributed by atoms with Crippen LogP contribution < -0.4 is 4.90 Å². The molecule has 1 atom stereocenters. The summed E-state index contributed by atoms with van der Waals surface area (Å²) in [4.78, 5) is 19.0. The van der Waals surface area contributed by atoms with Crippen LogP contribution in [0.1, 0.15) is 24.1 Å². The molecule has 0 aliphatic carbocycles. The fraction of sp³-hybridized carbons (Fsp3) is 0.333. The number of aromatic nitrogens is 1. The van der Waals surface area contributed by atoms with Crippen LogP contribution in [-0.4, -0.2) is 23.6 Å². The number of pyridine rings is 1. The van der Waals surface area contributed by atoms with Crippen molar-refractivity contribution >= 4 is 11.6 Å². The number of carbonyl (C=O) groups is 1.